The number of aromatic nitrogens is 3. The number of hydrogen-bond acceptors (Lipinski definition) is 4. The van der Waals surface area contributed by atoms with Crippen LogP contribution in [0.2, 0.25) is 0 Å². The summed E-state index contributed by atoms with van der Waals surface area (Å²) in [5.41, 5.74) is 0.247. The predicted molar refractivity (Wildman–Crippen MR) is 115 cm³/mol. The minimum absolute atomic E-state index is 0. The standard InChI is InChI=1S/C24H27F3N4O2.FH/c1-22(26,27)24(4-5-24)13-33-20-18(25)6-16(9-28-20)21(32)31-11-23(12-31)7-17(8-23)30-10-19(29-14-30)15-2-3-15;/h6,9-10,14-15,17H,2-5,7-8,11-13H2,1H3;1H. The number of carbonyl (C=O) groups excluding carboxylic acids is 1. The number of imidazole rings is 1. The number of hydrogen-bond donors (Lipinski definition) is 0. The Labute approximate surface area is 194 Å². The van der Waals surface area contributed by atoms with Crippen LogP contribution >= 0.6 is 0 Å². The molecule has 1 amide bonds. The average Bonchev–Trinajstić information content (AvgIpc) is 3.63. The van der Waals surface area contributed by atoms with Crippen LogP contribution in [0.1, 0.15) is 73.5 Å². The summed E-state index contributed by atoms with van der Waals surface area (Å²) >= 11 is 0. The SMILES string of the molecule is CC(F)(F)C1(COc2ncc(C(=O)N3CC4(CC(n5cnc(C6CC6)c5)C4)C3)cc2F)CC1.F. The van der Waals surface area contributed by atoms with E-state index in [2.05, 4.69) is 20.7 Å². The van der Waals surface area contributed by atoms with Crippen molar-refractivity contribution in [2.75, 3.05) is 19.7 Å². The molecule has 10 heteroatoms. The van der Waals surface area contributed by atoms with Crippen molar-refractivity contribution < 1.29 is 27.4 Å². The van der Waals surface area contributed by atoms with Gasteiger partial charge in [-0.3, -0.25) is 9.50 Å². The molecule has 0 N–H and O–H groups in total. The summed E-state index contributed by atoms with van der Waals surface area (Å²) in [6, 6.07) is 1.52. The van der Waals surface area contributed by atoms with Crippen molar-refractivity contribution in [2.45, 2.75) is 63.3 Å². The zero-order valence-corrected chi connectivity index (χ0v) is 19.0. The first-order valence-corrected chi connectivity index (χ1v) is 11.7. The Morgan fingerprint density at radius 1 is 1.24 bits per heavy atom. The molecule has 4 aliphatic rings. The van der Waals surface area contributed by atoms with Gasteiger partial charge in [0.2, 0.25) is 5.88 Å². The summed E-state index contributed by atoms with van der Waals surface area (Å²) < 4.78 is 49.3. The monoisotopic (exact) mass is 480 g/mol. The maximum absolute atomic E-state index is 14.5. The summed E-state index contributed by atoms with van der Waals surface area (Å²) in [6.45, 7) is 1.88. The average molecular weight is 481 g/mol. The van der Waals surface area contributed by atoms with Gasteiger partial charge in [0.15, 0.2) is 5.82 Å². The van der Waals surface area contributed by atoms with Crippen molar-refractivity contribution in [3.8, 4) is 5.88 Å². The van der Waals surface area contributed by atoms with Crippen molar-refractivity contribution in [3.63, 3.8) is 0 Å². The molecule has 6 nitrogen and oxygen atoms in total. The molecule has 4 fully saturated rings. The molecule has 1 saturated heterocycles. The van der Waals surface area contributed by atoms with Crippen LogP contribution in [0.3, 0.4) is 0 Å². The number of nitrogens with zero attached hydrogens (tertiary/aromatic N) is 4. The Kier molecular flexibility index (Phi) is 5.22. The number of amides is 1. The fourth-order valence-electron chi connectivity index (χ4n) is 5.36. The number of halogens is 4. The van der Waals surface area contributed by atoms with Gasteiger partial charge in [-0.15, -0.1) is 0 Å². The Morgan fingerprint density at radius 2 is 1.94 bits per heavy atom. The summed E-state index contributed by atoms with van der Waals surface area (Å²) in [6.07, 6.45) is 10.6. The highest BCUT2D eigenvalue weighted by molar-refractivity contribution is 5.94. The first-order chi connectivity index (χ1) is 15.7. The molecule has 0 unspecified atom stereocenters. The molecule has 1 aliphatic heterocycles. The van der Waals surface area contributed by atoms with E-state index in [4.69, 9.17) is 4.74 Å². The minimum Gasteiger partial charge on any atom is -0.475 e. The summed E-state index contributed by atoms with van der Waals surface area (Å²) in [4.78, 5) is 22.9. The molecule has 6 rings (SSSR count). The molecular formula is C24H28F4N4O2. The zero-order valence-electron chi connectivity index (χ0n) is 19.0. The van der Waals surface area contributed by atoms with E-state index in [-0.39, 0.29) is 34.1 Å². The van der Waals surface area contributed by atoms with Gasteiger partial charge in [0, 0.05) is 49.8 Å². The van der Waals surface area contributed by atoms with Crippen LogP contribution in [-0.4, -0.2) is 51.0 Å². The molecule has 0 bridgehead atoms. The fraction of sp³-hybridized carbons (Fsp3) is 0.625. The maximum atomic E-state index is 14.5. The number of likely N-dealkylation sites (tertiary alicyclic amines) is 1. The van der Waals surface area contributed by atoms with Gasteiger partial charge >= 0.3 is 0 Å². The van der Waals surface area contributed by atoms with Crippen LogP contribution in [0.15, 0.2) is 24.8 Å². The highest BCUT2D eigenvalue weighted by Crippen LogP contribution is 2.57. The van der Waals surface area contributed by atoms with Gasteiger partial charge in [0.1, 0.15) is 6.61 Å². The molecule has 3 aliphatic carbocycles. The smallest absolute Gasteiger partial charge is 0.255 e. The first kappa shape index (κ1) is 23.1. The van der Waals surface area contributed by atoms with Gasteiger partial charge in [-0.2, -0.15) is 0 Å². The largest absolute Gasteiger partial charge is 0.475 e. The van der Waals surface area contributed by atoms with Crippen LogP contribution in [0.5, 0.6) is 5.88 Å². The van der Waals surface area contributed by atoms with Gasteiger partial charge in [-0.25, -0.2) is 23.1 Å². The lowest BCUT2D eigenvalue weighted by Crippen LogP contribution is -2.63. The van der Waals surface area contributed by atoms with E-state index in [1.54, 1.807) is 4.90 Å². The number of ether oxygens (including phenoxy) is 1. The van der Waals surface area contributed by atoms with E-state index in [0.29, 0.717) is 37.9 Å². The van der Waals surface area contributed by atoms with Crippen molar-refractivity contribution in [3.05, 3.63) is 41.9 Å². The molecule has 0 radical (unpaired) electrons. The van der Waals surface area contributed by atoms with Crippen LogP contribution in [0.4, 0.5) is 17.9 Å². The normalized spacial score (nSPS) is 22.5. The van der Waals surface area contributed by atoms with Gasteiger partial charge in [0.05, 0.1) is 23.0 Å². The highest BCUT2D eigenvalue weighted by atomic mass is 19.3. The van der Waals surface area contributed by atoms with Crippen LogP contribution < -0.4 is 4.74 Å². The number of pyridine rings is 1. The van der Waals surface area contributed by atoms with Gasteiger partial charge < -0.3 is 14.2 Å². The van der Waals surface area contributed by atoms with E-state index < -0.39 is 17.2 Å². The number of rotatable bonds is 7. The quantitative estimate of drug-likeness (QED) is 0.538. The Balaban J connectivity index is 0.00000241. The first-order valence-electron chi connectivity index (χ1n) is 11.7. The minimum atomic E-state index is -2.88. The van der Waals surface area contributed by atoms with Crippen LogP contribution in [0, 0.1) is 16.6 Å². The molecular weight excluding hydrogens is 452 g/mol. The molecule has 34 heavy (non-hydrogen) atoms. The molecule has 3 saturated carbocycles. The Morgan fingerprint density at radius 3 is 2.53 bits per heavy atom. The topological polar surface area (TPSA) is 60.2 Å². The van der Waals surface area contributed by atoms with Gasteiger partial charge in [-0.05, 0) is 44.6 Å². The Hall–Kier alpha value is -2.65. The van der Waals surface area contributed by atoms with Gasteiger partial charge in [0.25, 0.3) is 11.8 Å². The van der Waals surface area contributed by atoms with E-state index in [1.165, 1.54) is 24.7 Å². The van der Waals surface area contributed by atoms with Crippen molar-refractivity contribution in [2.24, 2.45) is 10.8 Å². The van der Waals surface area contributed by atoms with E-state index >= 15 is 0 Å². The second-order valence-corrected chi connectivity index (χ2v) is 10.7. The second-order valence-electron chi connectivity index (χ2n) is 10.7. The van der Waals surface area contributed by atoms with E-state index in [0.717, 1.165) is 25.8 Å². The lowest BCUT2D eigenvalue weighted by atomic mass is 9.60. The number of alkyl halides is 2. The van der Waals surface area contributed by atoms with Crippen LogP contribution in [0.25, 0.3) is 0 Å². The lowest BCUT2D eigenvalue weighted by Gasteiger charge is -2.59. The third-order valence-electron chi connectivity index (χ3n) is 8.04. The molecule has 2 aromatic heterocycles. The third-order valence-corrected chi connectivity index (χ3v) is 8.04. The zero-order chi connectivity index (χ0) is 23.0. The van der Waals surface area contributed by atoms with E-state index in [1.807, 2.05) is 6.33 Å². The summed E-state index contributed by atoms with van der Waals surface area (Å²) in [7, 11) is 0. The van der Waals surface area contributed by atoms with Gasteiger partial charge in [-0.1, -0.05) is 0 Å². The molecule has 184 valence electrons. The lowest BCUT2D eigenvalue weighted by molar-refractivity contribution is -0.0718. The second kappa shape index (κ2) is 7.68. The summed E-state index contributed by atoms with van der Waals surface area (Å²) in [5, 5.41) is 0. The molecule has 3 heterocycles. The van der Waals surface area contributed by atoms with Crippen LogP contribution in [-0.2, 0) is 0 Å². The highest BCUT2D eigenvalue weighted by Gasteiger charge is 2.60. The Bertz CT molecular complexity index is 1090. The summed E-state index contributed by atoms with van der Waals surface area (Å²) in [5.74, 6) is -3.65. The van der Waals surface area contributed by atoms with Crippen molar-refractivity contribution in [1.29, 1.82) is 0 Å². The predicted octanol–water partition coefficient (Wildman–Crippen LogP) is 4.74. The molecule has 1 spiro atoms. The molecule has 2 aromatic rings. The fourth-order valence-corrected chi connectivity index (χ4v) is 5.36. The van der Waals surface area contributed by atoms with Crippen molar-refractivity contribution >= 4 is 5.91 Å². The third kappa shape index (κ3) is 3.84. The number of carbonyl (C=O) groups is 1. The van der Waals surface area contributed by atoms with E-state index in [9.17, 15) is 18.0 Å². The molecule has 0 atom stereocenters. The molecule has 0 aromatic carbocycles. The van der Waals surface area contributed by atoms with Crippen molar-refractivity contribution in [1.82, 2.24) is 19.4 Å². The maximum Gasteiger partial charge on any atom is 0.255 e.